The quantitative estimate of drug-likeness (QED) is 0.399. The Balaban J connectivity index is 1.56. The third-order valence-electron chi connectivity index (χ3n) is 5.91. The Labute approximate surface area is 197 Å². The fourth-order valence-electron chi connectivity index (χ4n) is 4.18. The van der Waals surface area contributed by atoms with Gasteiger partial charge in [-0.2, -0.15) is 0 Å². The zero-order valence-electron chi connectivity index (χ0n) is 19.2. The van der Waals surface area contributed by atoms with Crippen molar-refractivity contribution in [2.24, 2.45) is 5.92 Å². The fourth-order valence-corrected chi connectivity index (χ4v) is 4.75. The normalized spacial score (nSPS) is 15.1. The van der Waals surface area contributed by atoms with Gasteiger partial charge in [-0.25, -0.2) is 8.78 Å². The maximum atomic E-state index is 13.9. The maximum Gasteiger partial charge on any atom is 0.257 e. The molecule has 1 heterocycles. The Kier molecular flexibility index (Phi) is 8.82. The highest BCUT2D eigenvalue weighted by molar-refractivity contribution is 7.98. The lowest BCUT2D eigenvalue weighted by Gasteiger charge is -2.22. The van der Waals surface area contributed by atoms with Gasteiger partial charge in [0, 0.05) is 19.0 Å². The van der Waals surface area contributed by atoms with Gasteiger partial charge in [0.15, 0.2) is 5.16 Å². The van der Waals surface area contributed by atoms with Crippen molar-refractivity contribution in [3.8, 4) is 0 Å². The van der Waals surface area contributed by atoms with Crippen LogP contribution in [0.3, 0.4) is 0 Å². The molecule has 1 saturated carbocycles. The first-order chi connectivity index (χ1) is 15.8. The molecule has 0 spiro atoms. The number of benzene rings is 1. The van der Waals surface area contributed by atoms with E-state index in [0.29, 0.717) is 25.4 Å². The summed E-state index contributed by atoms with van der Waals surface area (Å²) in [6.07, 6.45) is 8.01. The van der Waals surface area contributed by atoms with Gasteiger partial charge in [-0.3, -0.25) is 9.59 Å². The average molecular weight is 480 g/mol. The van der Waals surface area contributed by atoms with Gasteiger partial charge in [-0.05, 0) is 43.6 Å². The largest absolute Gasteiger partial charge is 0.354 e. The minimum atomic E-state index is -0.966. The van der Waals surface area contributed by atoms with Gasteiger partial charge in [-0.1, -0.05) is 44.5 Å². The number of amides is 2. The summed E-state index contributed by atoms with van der Waals surface area (Å²) in [5, 5.41) is 14.9. The van der Waals surface area contributed by atoms with Crippen molar-refractivity contribution in [3.63, 3.8) is 0 Å². The fraction of sp³-hybridized carbons (Fsp3) is 0.565. The first-order valence-electron chi connectivity index (χ1n) is 11.3. The predicted octanol–water partition coefficient (Wildman–Crippen LogP) is 3.90. The van der Waals surface area contributed by atoms with Crippen molar-refractivity contribution >= 4 is 23.6 Å². The Morgan fingerprint density at radius 3 is 2.45 bits per heavy atom. The van der Waals surface area contributed by atoms with Crippen LogP contribution in [0.5, 0.6) is 0 Å². The highest BCUT2D eigenvalue weighted by atomic mass is 32.2. The molecule has 33 heavy (non-hydrogen) atoms. The summed E-state index contributed by atoms with van der Waals surface area (Å²) in [6.45, 7) is 3.91. The molecule has 180 valence electrons. The van der Waals surface area contributed by atoms with Crippen LogP contribution in [0.2, 0.25) is 0 Å². The molecule has 10 heteroatoms. The minimum absolute atomic E-state index is 0.265. The van der Waals surface area contributed by atoms with E-state index in [9.17, 15) is 18.4 Å². The lowest BCUT2D eigenvalue weighted by Crippen LogP contribution is -2.50. The molecule has 0 radical (unpaired) electrons. The van der Waals surface area contributed by atoms with Gasteiger partial charge < -0.3 is 15.2 Å². The second-order valence-electron chi connectivity index (χ2n) is 8.60. The van der Waals surface area contributed by atoms with Crippen molar-refractivity contribution in [2.75, 3.05) is 12.8 Å². The molecule has 0 bridgehead atoms. The summed E-state index contributed by atoms with van der Waals surface area (Å²) >= 11 is 1.59. The van der Waals surface area contributed by atoms with E-state index in [0.717, 1.165) is 36.0 Å². The number of hydrogen-bond donors (Lipinski definition) is 2. The standard InChI is InChI=1S/C23H31F2N5O2S/c1-14(2)20(27-21(31)19-16(24)10-6-11-17(19)25)22(32)26-13-7-12-18-28-29-23(33-3)30(18)15-8-4-5-9-15/h6,10-11,14-15,20H,4-5,7-9,12-13H2,1-3H3,(H,26,32)(H,27,31). The molecule has 1 fully saturated rings. The van der Waals surface area contributed by atoms with E-state index in [1.54, 1.807) is 25.6 Å². The number of nitrogens with one attached hydrogen (secondary N) is 2. The van der Waals surface area contributed by atoms with Crippen LogP contribution in [0.25, 0.3) is 0 Å². The van der Waals surface area contributed by atoms with E-state index in [4.69, 9.17) is 0 Å². The van der Waals surface area contributed by atoms with E-state index in [1.165, 1.54) is 18.9 Å². The number of carbonyl (C=O) groups excluding carboxylic acids is 2. The summed E-state index contributed by atoms with van der Waals surface area (Å²) in [5.41, 5.74) is -0.688. The van der Waals surface area contributed by atoms with E-state index in [-0.39, 0.29) is 5.92 Å². The zero-order chi connectivity index (χ0) is 24.0. The number of aromatic nitrogens is 3. The van der Waals surface area contributed by atoms with Gasteiger partial charge in [0.1, 0.15) is 29.1 Å². The first-order valence-corrected chi connectivity index (χ1v) is 12.6. The highest BCUT2D eigenvalue weighted by Crippen LogP contribution is 2.33. The molecule has 2 aromatic rings. The van der Waals surface area contributed by atoms with Gasteiger partial charge in [0.25, 0.3) is 5.91 Å². The second kappa shape index (κ2) is 11.6. The summed E-state index contributed by atoms with van der Waals surface area (Å²) < 4.78 is 30.1. The van der Waals surface area contributed by atoms with Crippen LogP contribution in [0, 0.1) is 17.6 Å². The van der Waals surface area contributed by atoms with Crippen molar-refractivity contribution in [1.29, 1.82) is 0 Å². The molecule has 1 aromatic heterocycles. The van der Waals surface area contributed by atoms with Crippen LogP contribution in [0.1, 0.15) is 68.2 Å². The molecule has 3 rings (SSSR count). The lowest BCUT2D eigenvalue weighted by molar-refractivity contribution is -0.123. The number of rotatable bonds is 10. The number of aryl methyl sites for hydroxylation is 1. The summed E-state index contributed by atoms with van der Waals surface area (Å²) in [6, 6.07) is 2.72. The number of nitrogens with zero attached hydrogens (tertiary/aromatic N) is 3. The molecule has 1 aliphatic rings. The Morgan fingerprint density at radius 1 is 1.18 bits per heavy atom. The molecule has 1 unspecified atom stereocenters. The zero-order valence-corrected chi connectivity index (χ0v) is 20.1. The molecule has 7 nitrogen and oxygen atoms in total. The molecule has 0 saturated heterocycles. The maximum absolute atomic E-state index is 13.9. The predicted molar refractivity (Wildman–Crippen MR) is 123 cm³/mol. The lowest BCUT2D eigenvalue weighted by atomic mass is 10.0. The van der Waals surface area contributed by atoms with Crippen LogP contribution >= 0.6 is 11.8 Å². The van der Waals surface area contributed by atoms with E-state index >= 15 is 0 Å². The second-order valence-corrected chi connectivity index (χ2v) is 9.37. The van der Waals surface area contributed by atoms with Crippen molar-refractivity contribution in [2.45, 2.75) is 69.6 Å². The van der Waals surface area contributed by atoms with E-state index in [2.05, 4.69) is 25.4 Å². The molecule has 1 aromatic carbocycles. The van der Waals surface area contributed by atoms with Crippen LogP contribution in [-0.4, -0.2) is 45.4 Å². The number of halogens is 2. The highest BCUT2D eigenvalue weighted by Gasteiger charge is 2.27. The van der Waals surface area contributed by atoms with E-state index < -0.39 is 35.1 Å². The van der Waals surface area contributed by atoms with Gasteiger partial charge in [0.2, 0.25) is 5.91 Å². The third-order valence-corrected chi connectivity index (χ3v) is 6.55. The summed E-state index contributed by atoms with van der Waals surface area (Å²) in [4.78, 5) is 25.1. The van der Waals surface area contributed by atoms with Crippen LogP contribution in [-0.2, 0) is 11.2 Å². The molecule has 1 aliphatic carbocycles. The number of thioether (sulfide) groups is 1. The molecule has 2 amide bonds. The Morgan fingerprint density at radius 2 is 1.85 bits per heavy atom. The topological polar surface area (TPSA) is 88.9 Å². The average Bonchev–Trinajstić information content (AvgIpc) is 3.43. The molecular weight excluding hydrogens is 448 g/mol. The van der Waals surface area contributed by atoms with Crippen molar-refractivity contribution in [1.82, 2.24) is 25.4 Å². The van der Waals surface area contributed by atoms with Gasteiger partial charge in [0.05, 0.1) is 0 Å². The molecular formula is C23H31F2N5O2S. The Bertz CT molecular complexity index is 956. The number of carbonyl (C=O) groups is 2. The van der Waals surface area contributed by atoms with Gasteiger partial charge in [-0.15, -0.1) is 10.2 Å². The van der Waals surface area contributed by atoms with Crippen LogP contribution in [0.4, 0.5) is 8.78 Å². The monoisotopic (exact) mass is 479 g/mol. The molecule has 1 atom stereocenters. The molecule has 2 N–H and O–H groups in total. The first kappa shape index (κ1) is 25.1. The smallest absolute Gasteiger partial charge is 0.257 e. The summed E-state index contributed by atoms with van der Waals surface area (Å²) in [7, 11) is 0. The van der Waals surface area contributed by atoms with Crippen molar-refractivity contribution < 1.29 is 18.4 Å². The minimum Gasteiger partial charge on any atom is -0.354 e. The van der Waals surface area contributed by atoms with Crippen molar-refractivity contribution in [3.05, 3.63) is 41.2 Å². The van der Waals surface area contributed by atoms with Gasteiger partial charge >= 0.3 is 0 Å². The summed E-state index contributed by atoms with van der Waals surface area (Å²) in [5.74, 6) is -2.62. The Hall–Kier alpha value is -2.49. The van der Waals surface area contributed by atoms with E-state index in [1.807, 2.05) is 6.26 Å². The SMILES string of the molecule is CSc1nnc(CCCNC(=O)C(NC(=O)c2c(F)cccc2F)C(C)C)n1C1CCCC1. The molecule has 0 aliphatic heterocycles. The third kappa shape index (κ3) is 6.10. The van der Waals surface area contributed by atoms with Crippen LogP contribution in [0.15, 0.2) is 23.4 Å². The number of hydrogen-bond acceptors (Lipinski definition) is 5. The van der Waals surface area contributed by atoms with Crippen LogP contribution < -0.4 is 10.6 Å².